The van der Waals surface area contributed by atoms with Crippen molar-refractivity contribution < 1.29 is 14.7 Å². The van der Waals surface area contributed by atoms with E-state index in [9.17, 15) is 14.7 Å². The van der Waals surface area contributed by atoms with Crippen LogP contribution in [0.1, 0.15) is 52.9 Å². The highest BCUT2D eigenvalue weighted by Gasteiger charge is 2.37. The molecule has 0 saturated heterocycles. The predicted octanol–water partition coefficient (Wildman–Crippen LogP) is 2.77. The summed E-state index contributed by atoms with van der Waals surface area (Å²) >= 11 is 0. The Morgan fingerprint density at radius 2 is 1.68 bits per heavy atom. The molecule has 0 aromatic rings. The molecule has 1 N–H and O–H groups in total. The summed E-state index contributed by atoms with van der Waals surface area (Å²) in [6, 6.07) is 0.170. The van der Waals surface area contributed by atoms with Gasteiger partial charge in [0.2, 0.25) is 5.91 Å². The molecule has 1 fully saturated rings. The van der Waals surface area contributed by atoms with E-state index in [-0.39, 0.29) is 17.9 Å². The van der Waals surface area contributed by atoms with Crippen molar-refractivity contribution in [3.63, 3.8) is 0 Å². The van der Waals surface area contributed by atoms with Crippen molar-refractivity contribution in [1.29, 1.82) is 0 Å². The van der Waals surface area contributed by atoms with Crippen molar-refractivity contribution in [3.05, 3.63) is 0 Å². The second kappa shape index (κ2) is 6.92. The van der Waals surface area contributed by atoms with Gasteiger partial charge in [0.25, 0.3) is 0 Å². The summed E-state index contributed by atoms with van der Waals surface area (Å²) in [6.45, 7) is 6.31. The molecule has 4 heteroatoms. The summed E-state index contributed by atoms with van der Waals surface area (Å²) in [4.78, 5) is 25.5. The maximum atomic E-state index is 12.5. The van der Waals surface area contributed by atoms with Gasteiger partial charge in [-0.3, -0.25) is 9.59 Å². The quantitative estimate of drug-likeness (QED) is 0.835. The smallest absolute Gasteiger partial charge is 0.307 e. The SMILES string of the molecule is CC(C)CC(C)N(C)C(=O)C1CCCCC1C(=O)O. The monoisotopic (exact) mass is 269 g/mol. The number of hydrogen-bond acceptors (Lipinski definition) is 2. The lowest BCUT2D eigenvalue weighted by molar-refractivity contribution is -0.152. The number of carbonyl (C=O) groups excluding carboxylic acids is 1. The minimum Gasteiger partial charge on any atom is -0.481 e. The number of rotatable bonds is 5. The number of hydrogen-bond donors (Lipinski definition) is 1. The molecule has 1 saturated carbocycles. The number of amides is 1. The first-order chi connectivity index (χ1) is 8.84. The third-order valence-electron chi connectivity index (χ3n) is 4.22. The highest BCUT2D eigenvalue weighted by Crippen LogP contribution is 2.32. The maximum Gasteiger partial charge on any atom is 0.307 e. The lowest BCUT2D eigenvalue weighted by Crippen LogP contribution is -2.44. The molecular weight excluding hydrogens is 242 g/mol. The van der Waals surface area contributed by atoms with Crippen molar-refractivity contribution in [2.45, 2.75) is 58.9 Å². The molecular formula is C15H27NO3. The summed E-state index contributed by atoms with van der Waals surface area (Å²) in [5.41, 5.74) is 0. The van der Waals surface area contributed by atoms with Gasteiger partial charge in [-0.1, -0.05) is 26.7 Å². The highest BCUT2D eigenvalue weighted by atomic mass is 16.4. The number of carbonyl (C=O) groups is 2. The largest absolute Gasteiger partial charge is 0.481 e. The van der Waals surface area contributed by atoms with Gasteiger partial charge >= 0.3 is 5.97 Å². The predicted molar refractivity (Wildman–Crippen MR) is 74.8 cm³/mol. The molecule has 0 aliphatic heterocycles. The molecule has 0 spiro atoms. The molecule has 0 heterocycles. The molecule has 110 valence electrons. The van der Waals surface area contributed by atoms with Gasteiger partial charge in [0, 0.05) is 13.1 Å². The molecule has 4 nitrogen and oxygen atoms in total. The van der Waals surface area contributed by atoms with E-state index in [1.54, 1.807) is 4.90 Å². The third kappa shape index (κ3) is 4.22. The fourth-order valence-corrected chi connectivity index (χ4v) is 3.04. The van der Waals surface area contributed by atoms with Crippen LogP contribution in [0.3, 0.4) is 0 Å². The number of nitrogens with zero attached hydrogens (tertiary/aromatic N) is 1. The van der Waals surface area contributed by atoms with Crippen LogP contribution in [0.5, 0.6) is 0 Å². The standard InChI is InChI=1S/C15H27NO3/c1-10(2)9-11(3)16(4)14(17)12-7-5-6-8-13(12)15(18)19/h10-13H,5-9H2,1-4H3,(H,18,19). The Kier molecular flexibility index (Phi) is 5.83. The summed E-state index contributed by atoms with van der Waals surface area (Å²) in [6.07, 6.45) is 4.19. The van der Waals surface area contributed by atoms with Gasteiger partial charge in [0.05, 0.1) is 11.8 Å². The van der Waals surface area contributed by atoms with E-state index >= 15 is 0 Å². The average Bonchev–Trinajstić information content (AvgIpc) is 2.36. The third-order valence-corrected chi connectivity index (χ3v) is 4.22. The van der Waals surface area contributed by atoms with Gasteiger partial charge < -0.3 is 10.0 Å². The Bertz CT molecular complexity index is 327. The van der Waals surface area contributed by atoms with Crippen LogP contribution in [0.15, 0.2) is 0 Å². The van der Waals surface area contributed by atoms with Gasteiger partial charge in [0.15, 0.2) is 0 Å². The van der Waals surface area contributed by atoms with E-state index in [0.717, 1.165) is 19.3 Å². The zero-order valence-corrected chi connectivity index (χ0v) is 12.6. The van der Waals surface area contributed by atoms with E-state index in [4.69, 9.17) is 0 Å². The Morgan fingerprint density at radius 1 is 1.16 bits per heavy atom. The molecule has 1 aliphatic rings. The van der Waals surface area contributed by atoms with E-state index in [1.165, 1.54) is 0 Å². The van der Waals surface area contributed by atoms with Crippen molar-refractivity contribution in [1.82, 2.24) is 4.90 Å². The van der Waals surface area contributed by atoms with Crippen LogP contribution in [0.2, 0.25) is 0 Å². The first-order valence-electron chi connectivity index (χ1n) is 7.34. The van der Waals surface area contributed by atoms with Crippen LogP contribution >= 0.6 is 0 Å². The van der Waals surface area contributed by atoms with Gasteiger partial charge in [-0.2, -0.15) is 0 Å². The van der Waals surface area contributed by atoms with E-state index < -0.39 is 11.9 Å². The summed E-state index contributed by atoms with van der Waals surface area (Å²) in [5, 5.41) is 9.25. The minimum absolute atomic E-state index is 0.0141. The Labute approximate surface area is 116 Å². The fourth-order valence-electron chi connectivity index (χ4n) is 3.04. The van der Waals surface area contributed by atoms with Crippen LogP contribution in [-0.4, -0.2) is 35.0 Å². The topological polar surface area (TPSA) is 57.6 Å². The highest BCUT2D eigenvalue weighted by molar-refractivity contribution is 5.85. The van der Waals surface area contributed by atoms with Gasteiger partial charge in [-0.05, 0) is 32.1 Å². The number of carboxylic acids is 1. The van der Waals surface area contributed by atoms with Crippen molar-refractivity contribution in [2.24, 2.45) is 17.8 Å². The zero-order chi connectivity index (χ0) is 14.6. The lowest BCUT2D eigenvalue weighted by atomic mass is 9.78. The Hall–Kier alpha value is -1.06. The second-order valence-electron chi connectivity index (χ2n) is 6.26. The average molecular weight is 269 g/mol. The molecule has 0 aromatic carbocycles. The zero-order valence-electron chi connectivity index (χ0n) is 12.6. The minimum atomic E-state index is -0.817. The van der Waals surface area contributed by atoms with Gasteiger partial charge in [-0.15, -0.1) is 0 Å². The van der Waals surface area contributed by atoms with Crippen LogP contribution in [0.25, 0.3) is 0 Å². The molecule has 0 radical (unpaired) electrons. The second-order valence-corrected chi connectivity index (χ2v) is 6.26. The molecule has 19 heavy (non-hydrogen) atoms. The lowest BCUT2D eigenvalue weighted by Gasteiger charge is -2.34. The summed E-state index contributed by atoms with van der Waals surface area (Å²) in [7, 11) is 1.81. The number of carboxylic acid groups (broad SMARTS) is 1. The van der Waals surface area contributed by atoms with Crippen molar-refractivity contribution >= 4 is 11.9 Å². The van der Waals surface area contributed by atoms with E-state index in [0.29, 0.717) is 18.8 Å². The van der Waals surface area contributed by atoms with E-state index in [1.807, 2.05) is 14.0 Å². The van der Waals surface area contributed by atoms with Crippen molar-refractivity contribution in [2.75, 3.05) is 7.05 Å². The Balaban J connectivity index is 2.70. The molecule has 3 atom stereocenters. The maximum absolute atomic E-state index is 12.5. The normalized spacial score (nSPS) is 25.1. The first-order valence-corrected chi connectivity index (χ1v) is 7.34. The van der Waals surface area contributed by atoms with E-state index in [2.05, 4.69) is 13.8 Å². The molecule has 1 rings (SSSR count). The van der Waals surface area contributed by atoms with Crippen molar-refractivity contribution in [3.8, 4) is 0 Å². The fraction of sp³-hybridized carbons (Fsp3) is 0.867. The summed E-state index contributed by atoms with van der Waals surface area (Å²) in [5.74, 6) is -1.09. The first kappa shape index (κ1) is 16.0. The van der Waals surface area contributed by atoms with Crippen LogP contribution in [0.4, 0.5) is 0 Å². The van der Waals surface area contributed by atoms with Crippen LogP contribution in [-0.2, 0) is 9.59 Å². The Morgan fingerprint density at radius 3 is 2.16 bits per heavy atom. The summed E-state index contributed by atoms with van der Waals surface area (Å²) < 4.78 is 0. The molecule has 3 unspecified atom stereocenters. The van der Waals surface area contributed by atoms with Crippen LogP contribution < -0.4 is 0 Å². The van der Waals surface area contributed by atoms with Gasteiger partial charge in [0.1, 0.15) is 0 Å². The number of aliphatic carboxylic acids is 1. The molecule has 1 aliphatic carbocycles. The van der Waals surface area contributed by atoms with Gasteiger partial charge in [-0.25, -0.2) is 0 Å². The molecule has 0 aromatic heterocycles. The molecule has 0 bridgehead atoms. The van der Waals surface area contributed by atoms with Crippen LogP contribution in [0, 0.1) is 17.8 Å². The molecule has 1 amide bonds.